The van der Waals surface area contributed by atoms with Gasteiger partial charge in [-0.3, -0.25) is 0 Å². The van der Waals surface area contributed by atoms with Crippen LogP contribution in [0, 0.1) is 6.92 Å². The fourth-order valence-electron chi connectivity index (χ4n) is 6.01. The molecule has 146 valence electrons. The molecule has 2 heterocycles. The molecular formula is C27H24BNO. The fourth-order valence-corrected chi connectivity index (χ4v) is 6.01. The number of hydrogen-bond donors (Lipinski definition) is 1. The van der Waals surface area contributed by atoms with Crippen molar-refractivity contribution in [1.82, 2.24) is 0 Å². The van der Waals surface area contributed by atoms with E-state index in [1.165, 1.54) is 38.7 Å². The summed E-state index contributed by atoms with van der Waals surface area (Å²) < 4.78 is 6.60. The minimum Gasteiger partial charge on any atom is -0.463 e. The van der Waals surface area contributed by atoms with Gasteiger partial charge in [0.05, 0.1) is 5.69 Å². The maximum absolute atomic E-state index is 6.71. The molecule has 3 heteroatoms. The summed E-state index contributed by atoms with van der Waals surface area (Å²) in [7, 11) is 0. The minimum atomic E-state index is -0.465. The quantitative estimate of drug-likeness (QED) is 0.416. The van der Waals surface area contributed by atoms with Gasteiger partial charge in [-0.2, -0.15) is 0 Å². The van der Waals surface area contributed by atoms with E-state index >= 15 is 0 Å². The molecule has 0 atom stereocenters. The van der Waals surface area contributed by atoms with Gasteiger partial charge < -0.3 is 10.2 Å². The van der Waals surface area contributed by atoms with Gasteiger partial charge in [-0.05, 0) is 40.2 Å². The summed E-state index contributed by atoms with van der Waals surface area (Å²) in [6.07, 6.45) is 0. The first-order chi connectivity index (χ1) is 14.6. The van der Waals surface area contributed by atoms with Crippen molar-refractivity contribution in [3.8, 4) is 11.1 Å². The summed E-state index contributed by atoms with van der Waals surface area (Å²) in [4.78, 5) is 0. The van der Waals surface area contributed by atoms with E-state index in [1.807, 2.05) is 6.92 Å². The number of anilines is 1. The zero-order chi connectivity index (χ0) is 20.6. The van der Waals surface area contributed by atoms with Crippen LogP contribution in [0.3, 0.4) is 0 Å². The van der Waals surface area contributed by atoms with Gasteiger partial charge in [-0.1, -0.05) is 97.9 Å². The molecule has 4 aromatic rings. The van der Waals surface area contributed by atoms with E-state index in [-0.39, 0.29) is 6.71 Å². The lowest BCUT2D eigenvalue weighted by atomic mass is 9.29. The van der Waals surface area contributed by atoms with Crippen molar-refractivity contribution in [3.05, 3.63) is 101 Å². The van der Waals surface area contributed by atoms with Crippen LogP contribution >= 0.6 is 0 Å². The second-order valence-corrected chi connectivity index (χ2v) is 8.96. The Morgan fingerprint density at radius 2 is 1.33 bits per heavy atom. The Balaban J connectivity index is 1.86. The smallest absolute Gasteiger partial charge is 0.219 e. The first kappa shape index (κ1) is 17.6. The molecule has 3 aromatic carbocycles. The summed E-state index contributed by atoms with van der Waals surface area (Å²) >= 11 is 0. The van der Waals surface area contributed by atoms with E-state index in [4.69, 9.17) is 10.2 Å². The first-order valence-electron chi connectivity index (χ1n) is 10.7. The Bertz CT molecular complexity index is 1270. The molecule has 0 amide bonds. The third kappa shape index (κ3) is 1.91. The standard InChI is InChI=1S/C27H24BNO/c1-16(2)28-23-15-9-8-14-22(23)27(26-24(28)25(29)17(3)30-26)20-12-6-4-10-18(20)19-11-5-7-13-21(19)27/h4-16H,29H2,1-3H3. The molecule has 1 aliphatic carbocycles. The average molecular weight is 389 g/mol. The highest BCUT2D eigenvalue weighted by Crippen LogP contribution is 2.57. The number of fused-ring (bicyclic) bond motifs is 9. The van der Waals surface area contributed by atoms with Crippen molar-refractivity contribution in [3.63, 3.8) is 0 Å². The number of nitrogens with two attached hydrogens (primary N) is 1. The molecule has 0 bridgehead atoms. The summed E-state index contributed by atoms with van der Waals surface area (Å²) in [6.45, 7) is 6.78. The number of benzene rings is 3. The van der Waals surface area contributed by atoms with Crippen LogP contribution in [0.4, 0.5) is 5.69 Å². The lowest BCUT2D eigenvalue weighted by molar-refractivity contribution is 0.448. The fraction of sp³-hybridized carbons (Fsp3) is 0.185. The summed E-state index contributed by atoms with van der Waals surface area (Å²) in [5.41, 5.74) is 16.0. The van der Waals surface area contributed by atoms with Crippen molar-refractivity contribution in [2.45, 2.75) is 32.0 Å². The number of aryl methyl sites for hydroxylation is 1. The molecule has 6 rings (SSSR count). The Labute approximate surface area is 177 Å². The normalized spacial score (nSPS) is 15.1. The highest BCUT2D eigenvalue weighted by atomic mass is 16.3. The first-order valence-corrected chi connectivity index (χ1v) is 10.7. The zero-order valence-corrected chi connectivity index (χ0v) is 17.6. The monoisotopic (exact) mass is 389 g/mol. The third-order valence-electron chi connectivity index (χ3n) is 7.14. The lowest BCUT2D eigenvalue weighted by Gasteiger charge is -2.40. The molecule has 2 N–H and O–H groups in total. The van der Waals surface area contributed by atoms with Crippen LogP contribution in [0.15, 0.2) is 77.2 Å². The number of rotatable bonds is 1. The maximum Gasteiger partial charge on any atom is 0.219 e. The van der Waals surface area contributed by atoms with E-state index < -0.39 is 5.41 Å². The largest absolute Gasteiger partial charge is 0.463 e. The molecule has 1 spiro atoms. The molecule has 0 saturated carbocycles. The average Bonchev–Trinajstić information content (AvgIpc) is 3.22. The minimum absolute atomic E-state index is 0.221. The van der Waals surface area contributed by atoms with E-state index in [2.05, 4.69) is 86.6 Å². The van der Waals surface area contributed by atoms with E-state index in [1.54, 1.807) is 0 Å². The van der Waals surface area contributed by atoms with Gasteiger partial charge in [0.2, 0.25) is 6.71 Å². The zero-order valence-electron chi connectivity index (χ0n) is 17.6. The van der Waals surface area contributed by atoms with Crippen LogP contribution in [0.25, 0.3) is 11.1 Å². The van der Waals surface area contributed by atoms with Crippen molar-refractivity contribution < 1.29 is 4.42 Å². The highest BCUT2D eigenvalue weighted by Gasteiger charge is 2.55. The van der Waals surface area contributed by atoms with Crippen molar-refractivity contribution in [2.75, 3.05) is 5.73 Å². The third-order valence-corrected chi connectivity index (χ3v) is 7.14. The van der Waals surface area contributed by atoms with E-state index in [0.29, 0.717) is 5.82 Å². The van der Waals surface area contributed by atoms with Crippen molar-refractivity contribution in [1.29, 1.82) is 0 Å². The predicted molar refractivity (Wildman–Crippen MR) is 125 cm³/mol. The molecule has 2 aliphatic rings. The Morgan fingerprint density at radius 3 is 1.93 bits per heavy atom. The summed E-state index contributed by atoms with van der Waals surface area (Å²) in [5.74, 6) is 2.24. The summed E-state index contributed by atoms with van der Waals surface area (Å²) in [5, 5.41) is 0. The Morgan fingerprint density at radius 1 is 0.800 bits per heavy atom. The van der Waals surface area contributed by atoms with Crippen LogP contribution < -0.4 is 16.7 Å². The number of nitrogen functional groups attached to an aromatic ring is 1. The van der Waals surface area contributed by atoms with Gasteiger partial charge in [-0.15, -0.1) is 0 Å². The van der Waals surface area contributed by atoms with Crippen LogP contribution in [0.1, 0.15) is 42.1 Å². The van der Waals surface area contributed by atoms with E-state index in [9.17, 15) is 0 Å². The highest BCUT2D eigenvalue weighted by molar-refractivity contribution is 6.88. The van der Waals surface area contributed by atoms with Gasteiger partial charge >= 0.3 is 0 Å². The van der Waals surface area contributed by atoms with Gasteiger partial charge in [0.15, 0.2) is 0 Å². The number of furan rings is 1. The van der Waals surface area contributed by atoms with Crippen LogP contribution in [0.5, 0.6) is 0 Å². The lowest BCUT2D eigenvalue weighted by Crippen LogP contribution is -2.57. The van der Waals surface area contributed by atoms with Crippen LogP contribution in [-0.4, -0.2) is 6.71 Å². The van der Waals surface area contributed by atoms with Crippen LogP contribution in [0.2, 0.25) is 5.82 Å². The summed E-state index contributed by atoms with van der Waals surface area (Å²) in [6, 6.07) is 26.4. The Hall–Kier alpha value is -3.20. The number of hydrogen-bond acceptors (Lipinski definition) is 2. The van der Waals surface area contributed by atoms with Crippen molar-refractivity contribution >= 4 is 23.3 Å². The molecule has 0 unspecified atom stereocenters. The molecule has 0 fully saturated rings. The SMILES string of the molecule is Cc1oc2c(c1N)B(C(C)C)c1ccccc1C21c2ccccc2-c2ccccc21. The van der Waals surface area contributed by atoms with Crippen LogP contribution in [-0.2, 0) is 5.41 Å². The predicted octanol–water partition coefficient (Wildman–Crippen LogP) is 4.87. The Kier molecular flexibility index (Phi) is 3.48. The second-order valence-electron chi connectivity index (χ2n) is 8.96. The van der Waals surface area contributed by atoms with Gasteiger partial charge in [0.25, 0.3) is 0 Å². The molecule has 1 aliphatic heterocycles. The molecule has 0 saturated heterocycles. The molecule has 2 nitrogen and oxygen atoms in total. The molecule has 1 aromatic heterocycles. The van der Waals surface area contributed by atoms with Gasteiger partial charge in [0, 0.05) is 0 Å². The molecular weight excluding hydrogens is 365 g/mol. The van der Waals surface area contributed by atoms with Crippen molar-refractivity contribution in [2.24, 2.45) is 0 Å². The van der Waals surface area contributed by atoms with Gasteiger partial charge in [0.1, 0.15) is 16.9 Å². The van der Waals surface area contributed by atoms with E-state index in [0.717, 1.165) is 17.2 Å². The second kappa shape index (κ2) is 5.92. The topological polar surface area (TPSA) is 39.2 Å². The molecule has 0 radical (unpaired) electrons. The molecule has 30 heavy (non-hydrogen) atoms. The maximum atomic E-state index is 6.71. The van der Waals surface area contributed by atoms with Gasteiger partial charge in [-0.25, -0.2) is 0 Å².